The molecule has 37 heavy (non-hydrogen) atoms. The molecule has 0 bridgehead atoms. The number of halogens is 4. The minimum atomic E-state index is -4.52. The third-order valence-corrected chi connectivity index (χ3v) is 5.61. The molecular formula is C23H28ClF3N6O4. The quantitative estimate of drug-likeness (QED) is 0.615. The SMILES string of the molecule is CC(Cn1cc(C(=O)N2CCN(c3ncc(C(F)(F)F)cn3)CC2)cc(Cl)c1=O)OC(=O)NC(C)(C)C. The van der Waals surface area contributed by atoms with Gasteiger partial charge < -0.3 is 24.4 Å². The van der Waals surface area contributed by atoms with E-state index in [-0.39, 0.29) is 42.1 Å². The van der Waals surface area contributed by atoms with Gasteiger partial charge in [-0.1, -0.05) is 11.6 Å². The summed E-state index contributed by atoms with van der Waals surface area (Å²) in [6.07, 6.45) is -3.03. The van der Waals surface area contributed by atoms with Crippen LogP contribution in [0.2, 0.25) is 5.02 Å². The first-order chi connectivity index (χ1) is 17.1. The van der Waals surface area contributed by atoms with Crippen molar-refractivity contribution in [3.8, 4) is 0 Å². The van der Waals surface area contributed by atoms with Crippen LogP contribution in [-0.2, 0) is 17.5 Å². The fourth-order valence-corrected chi connectivity index (χ4v) is 3.83. The molecule has 14 heteroatoms. The van der Waals surface area contributed by atoms with Crippen LogP contribution in [0.1, 0.15) is 43.6 Å². The Labute approximate surface area is 216 Å². The average molecular weight is 545 g/mol. The van der Waals surface area contributed by atoms with Crippen LogP contribution in [0.15, 0.2) is 29.5 Å². The number of rotatable bonds is 5. The second-order valence-corrected chi connectivity index (χ2v) is 10.1. The van der Waals surface area contributed by atoms with Crippen molar-refractivity contribution >= 4 is 29.5 Å². The molecule has 202 valence electrons. The molecule has 0 radical (unpaired) electrons. The fourth-order valence-electron chi connectivity index (χ4n) is 3.61. The fraction of sp³-hybridized carbons (Fsp3) is 0.522. The first-order valence-electron chi connectivity index (χ1n) is 11.5. The number of hydrogen-bond acceptors (Lipinski definition) is 7. The van der Waals surface area contributed by atoms with Gasteiger partial charge in [0.05, 0.1) is 17.7 Å². The highest BCUT2D eigenvalue weighted by Crippen LogP contribution is 2.28. The van der Waals surface area contributed by atoms with Crippen LogP contribution in [0, 0.1) is 0 Å². The monoisotopic (exact) mass is 544 g/mol. The van der Waals surface area contributed by atoms with E-state index in [2.05, 4.69) is 15.3 Å². The minimum absolute atomic E-state index is 0.0176. The summed E-state index contributed by atoms with van der Waals surface area (Å²) in [5, 5.41) is 2.50. The van der Waals surface area contributed by atoms with E-state index in [4.69, 9.17) is 16.3 Å². The van der Waals surface area contributed by atoms with Crippen LogP contribution in [0.25, 0.3) is 0 Å². The first kappa shape index (κ1) is 28.2. The van der Waals surface area contributed by atoms with E-state index < -0.39 is 35.0 Å². The predicted molar refractivity (Wildman–Crippen MR) is 130 cm³/mol. The number of hydrogen-bond donors (Lipinski definition) is 1. The zero-order valence-corrected chi connectivity index (χ0v) is 21.6. The molecule has 0 aromatic carbocycles. The van der Waals surface area contributed by atoms with Crippen LogP contribution >= 0.6 is 11.6 Å². The maximum Gasteiger partial charge on any atom is 0.419 e. The summed E-state index contributed by atoms with van der Waals surface area (Å²) in [5.41, 5.74) is -1.79. The first-order valence-corrected chi connectivity index (χ1v) is 11.8. The van der Waals surface area contributed by atoms with Crippen molar-refractivity contribution < 1.29 is 27.5 Å². The number of aromatic nitrogens is 3. The van der Waals surface area contributed by atoms with Gasteiger partial charge in [-0.25, -0.2) is 14.8 Å². The number of pyridine rings is 1. The highest BCUT2D eigenvalue weighted by atomic mass is 35.5. The molecule has 1 aliphatic heterocycles. The number of ether oxygens (including phenoxy) is 1. The molecule has 1 saturated heterocycles. The largest absolute Gasteiger partial charge is 0.445 e. The van der Waals surface area contributed by atoms with E-state index in [0.29, 0.717) is 13.1 Å². The molecule has 0 saturated carbocycles. The van der Waals surface area contributed by atoms with Gasteiger partial charge in [0.25, 0.3) is 11.5 Å². The van der Waals surface area contributed by atoms with E-state index in [0.717, 1.165) is 12.4 Å². The molecule has 3 rings (SSSR count). The summed E-state index contributed by atoms with van der Waals surface area (Å²) in [6, 6.07) is 1.28. The number of amides is 2. The van der Waals surface area contributed by atoms with E-state index in [1.807, 2.05) is 0 Å². The lowest BCUT2D eigenvalue weighted by atomic mass is 10.1. The van der Waals surface area contributed by atoms with Crippen LogP contribution in [0.5, 0.6) is 0 Å². The molecule has 1 atom stereocenters. The van der Waals surface area contributed by atoms with Crippen molar-refractivity contribution in [1.29, 1.82) is 0 Å². The van der Waals surface area contributed by atoms with Gasteiger partial charge >= 0.3 is 12.3 Å². The number of anilines is 1. The zero-order chi connectivity index (χ0) is 27.5. The molecule has 2 amide bonds. The van der Waals surface area contributed by atoms with Gasteiger partial charge in [0.15, 0.2) is 0 Å². The molecule has 1 fully saturated rings. The Hall–Kier alpha value is -3.35. The maximum absolute atomic E-state index is 13.1. The Kier molecular flexibility index (Phi) is 8.35. The Bertz CT molecular complexity index is 1190. The maximum atomic E-state index is 13.1. The van der Waals surface area contributed by atoms with Crippen molar-refractivity contribution in [2.45, 2.75) is 52.1 Å². The third kappa shape index (κ3) is 7.57. The summed E-state index contributed by atoms with van der Waals surface area (Å²) < 4.78 is 44.7. The molecule has 1 N–H and O–H groups in total. The molecule has 3 heterocycles. The Morgan fingerprint density at radius 3 is 2.27 bits per heavy atom. The summed E-state index contributed by atoms with van der Waals surface area (Å²) in [4.78, 5) is 48.4. The molecule has 0 spiro atoms. The third-order valence-electron chi connectivity index (χ3n) is 5.34. The topological polar surface area (TPSA) is 110 Å². The van der Waals surface area contributed by atoms with Crippen molar-refractivity contribution in [3.05, 3.63) is 51.2 Å². The second-order valence-electron chi connectivity index (χ2n) is 9.67. The number of nitrogens with one attached hydrogen (secondary N) is 1. The molecular weight excluding hydrogens is 517 g/mol. The predicted octanol–water partition coefficient (Wildman–Crippen LogP) is 3.19. The number of alkyl carbamates (subject to hydrolysis) is 1. The highest BCUT2D eigenvalue weighted by molar-refractivity contribution is 6.30. The van der Waals surface area contributed by atoms with Gasteiger partial charge in [0.2, 0.25) is 5.95 Å². The smallest absolute Gasteiger partial charge is 0.419 e. The molecule has 2 aromatic heterocycles. The van der Waals surface area contributed by atoms with Crippen LogP contribution in [0.4, 0.5) is 23.9 Å². The molecule has 1 aliphatic rings. The summed E-state index contributed by atoms with van der Waals surface area (Å²) in [5.74, 6) is -0.233. The van der Waals surface area contributed by atoms with Crippen LogP contribution < -0.4 is 15.8 Å². The zero-order valence-electron chi connectivity index (χ0n) is 20.8. The lowest BCUT2D eigenvalue weighted by Crippen LogP contribution is -2.49. The Morgan fingerprint density at radius 2 is 1.73 bits per heavy atom. The minimum Gasteiger partial charge on any atom is -0.445 e. The second kappa shape index (κ2) is 11.0. The number of carbonyl (C=O) groups excluding carboxylic acids is 2. The van der Waals surface area contributed by atoms with Crippen LogP contribution in [-0.4, -0.2) is 69.3 Å². The normalized spacial score (nSPS) is 15.4. The van der Waals surface area contributed by atoms with Gasteiger partial charge in [-0.3, -0.25) is 9.59 Å². The van der Waals surface area contributed by atoms with E-state index in [1.54, 1.807) is 32.6 Å². The number of carbonyl (C=O) groups is 2. The van der Waals surface area contributed by atoms with Crippen molar-refractivity contribution in [2.24, 2.45) is 0 Å². The van der Waals surface area contributed by atoms with Gasteiger partial charge in [-0.15, -0.1) is 0 Å². The molecule has 1 unspecified atom stereocenters. The van der Waals surface area contributed by atoms with Gasteiger partial charge in [-0.2, -0.15) is 13.2 Å². The Morgan fingerprint density at radius 1 is 1.14 bits per heavy atom. The van der Waals surface area contributed by atoms with E-state index in [9.17, 15) is 27.6 Å². The summed E-state index contributed by atoms with van der Waals surface area (Å²) in [6.45, 7) is 8.11. The molecule has 0 aliphatic carbocycles. The van der Waals surface area contributed by atoms with Gasteiger partial charge in [0, 0.05) is 50.3 Å². The van der Waals surface area contributed by atoms with Gasteiger partial charge in [0.1, 0.15) is 11.1 Å². The Balaban J connectivity index is 1.65. The highest BCUT2D eigenvalue weighted by Gasteiger charge is 2.32. The molecule has 10 nitrogen and oxygen atoms in total. The van der Waals surface area contributed by atoms with E-state index >= 15 is 0 Å². The number of alkyl halides is 3. The van der Waals surface area contributed by atoms with Crippen molar-refractivity contribution in [1.82, 2.24) is 24.8 Å². The standard InChI is InChI=1S/C23H28ClF3N6O4/c1-14(37-21(36)30-22(2,3)4)12-33-13-15(9-17(24)19(33)35)18(34)31-5-7-32(8-6-31)20-28-10-16(11-29-20)23(25,26)27/h9-11,13-14H,5-8,12H2,1-4H3,(H,30,36). The summed E-state index contributed by atoms with van der Waals surface area (Å²) >= 11 is 6.10. The lowest BCUT2D eigenvalue weighted by molar-refractivity contribution is -0.138. The number of nitrogens with zero attached hydrogens (tertiary/aromatic N) is 5. The summed E-state index contributed by atoms with van der Waals surface area (Å²) in [7, 11) is 0. The molecule has 2 aromatic rings. The van der Waals surface area contributed by atoms with Crippen molar-refractivity contribution in [3.63, 3.8) is 0 Å². The lowest BCUT2D eigenvalue weighted by Gasteiger charge is -2.34. The van der Waals surface area contributed by atoms with Crippen LogP contribution in [0.3, 0.4) is 0 Å². The average Bonchev–Trinajstić information content (AvgIpc) is 2.79. The number of piperazine rings is 1. The van der Waals surface area contributed by atoms with E-state index in [1.165, 1.54) is 21.7 Å². The van der Waals surface area contributed by atoms with Crippen molar-refractivity contribution in [2.75, 3.05) is 31.1 Å². The van der Waals surface area contributed by atoms with Gasteiger partial charge in [-0.05, 0) is 33.8 Å².